The number of rotatable bonds is 4. The normalized spacial score (nSPS) is 22.6. The van der Waals surface area contributed by atoms with Gasteiger partial charge < -0.3 is 15.1 Å². The van der Waals surface area contributed by atoms with E-state index < -0.39 is 0 Å². The standard InChI is InChI=1S/C14H23N3O2/c1-16(13(18)10-12-4-2-3-5-12)11-14(19)17-8-6-15-7-9-17/h2,4,12,15H,3,5-11H2,1H3. The van der Waals surface area contributed by atoms with Crippen LogP contribution in [0.2, 0.25) is 0 Å². The Morgan fingerprint density at radius 2 is 2.11 bits per heavy atom. The summed E-state index contributed by atoms with van der Waals surface area (Å²) in [6, 6.07) is 0. The van der Waals surface area contributed by atoms with E-state index in [0.717, 1.165) is 39.0 Å². The quantitative estimate of drug-likeness (QED) is 0.741. The van der Waals surface area contributed by atoms with Gasteiger partial charge in [-0.25, -0.2) is 0 Å². The van der Waals surface area contributed by atoms with Crippen molar-refractivity contribution in [2.45, 2.75) is 19.3 Å². The third kappa shape index (κ3) is 4.06. The van der Waals surface area contributed by atoms with Crippen LogP contribution in [0.3, 0.4) is 0 Å². The molecule has 1 unspecified atom stereocenters. The molecular weight excluding hydrogens is 242 g/mol. The minimum atomic E-state index is 0.0549. The zero-order valence-corrected chi connectivity index (χ0v) is 11.6. The number of allylic oxidation sites excluding steroid dienone is 2. The summed E-state index contributed by atoms with van der Waals surface area (Å²) < 4.78 is 0. The molecule has 106 valence electrons. The average Bonchev–Trinajstić information content (AvgIpc) is 2.92. The Balaban J connectivity index is 1.75. The van der Waals surface area contributed by atoms with Crippen LogP contribution in [0, 0.1) is 5.92 Å². The van der Waals surface area contributed by atoms with Crippen LogP contribution in [-0.2, 0) is 9.59 Å². The molecule has 2 rings (SSSR count). The van der Waals surface area contributed by atoms with Gasteiger partial charge in [-0.15, -0.1) is 0 Å². The Morgan fingerprint density at radius 3 is 2.74 bits per heavy atom. The van der Waals surface area contributed by atoms with E-state index in [-0.39, 0.29) is 18.4 Å². The van der Waals surface area contributed by atoms with Crippen LogP contribution < -0.4 is 5.32 Å². The molecule has 0 bridgehead atoms. The average molecular weight is 265 g/mol. The topological polar surface area (TPSA) is 52.7 Å². The van der Waals surface area contributed by atoms with Crippen molar-refractivity contribution >= 4 is 11.8 Å². The smallest absolute Gasteiger partial charge is 0.242 e. The van der Waals surface area contributed by atoms with Crippen molar-refractivity contribution in [1.29, 1.82) is 0 Å². The lowest BCUT2D eigenvalue weighted by Gasteiger charge is -2.29. The monoisotopic (exact) mass is 265 g/mol. The fraction of sp³-hybridized carbons (Fsp3) is 0.714. The Labute approximate surface area is 114 Å². The van der Waals surface area contributed by atoms with Gasteiger partial charge in [0.2, 0.25) is 11.8 Å². The molecule has 2 amide bonds. The van der Waals surface area contributed by atoms with Crippen molar-refractivity contribution in [3.8, 4) is 0 Å². The van der Waals surface area contributed by atoms with Crippen molar-refractivity contribution in [2.24, 2.45) is 5.92 Å². The van der Waals surface area contributed by atoms with E-state index >= 15 is 0 Å². The lowest BCUT2D eigenvalue weighted by Crippen LogP contribution is -2.49. The van der Waals surface area contributed by atoms with Gasteiger partial charge in [0.15, 0.2) is 0 Å². The molecule has 5 nitrogen and oxygen atoms in total. The minimum Gasteiger partial charge on any atom is -0.339 e. The fourth-order valence-electron chi connectivity index (χ4n) is 2.55. The molecule has 0 aromatic heterocycles. The van der Waals surface area contributed by atoms with Gasteiger partial charge in [-0.1, -0.05) is 12.2 Å². The number of likely N-dealkylation sites (N-methyl/N-ethyl adjacent to an activating group) is 1. The number of amides is 2. The zero-order chi connectivity index (χ0) is 13.7. The van der Waals surface area contributed by atoms with Gasteiger partial charge in [0, 0.05) is 39.6 Å². The zero-order valence-electron chi connectivity index (χ0n) is 11.6. The largest absolute Gasteiger partial charge is 0.339 e. The summed E-state index contributed by atoms with van der Waals surface area (Å²) in [6.07, 6.45) is 6.90. The molecule has 0 aromatic carbocycles. The second-order valence-corrected chi connectivity index (χ2v) is 5.35. The summed E-state index contributed by atoms with van der Waals surface area (Å²) in [7, 11) is 1.72. The summed E-state index contributed by atoms with van der Waals surface area (Å²) in [5.41, 5.74) is 0. The number of hydrogen-bond donors (Lipinski definition) is 1. The van der Waals surface area contributed by atoms with Crippen molar-refractivity contribution < 1.29 is 9.59 Å². The third-order valence-corrected chi connectivity index (χ3v) is 3.82. The predicted molar refractivity (Wildman–Crippen MR) is 73.6 cm³/mol. The molecule has 19 heavy (non-hydrogen) atoms. The third-order valence-electron chi connectivity index (χ3n) is 3.82. The highest BCUT2D eigenvalue weighted by atomic mass is 16.2. The summed E-state index contributed by atoms with van der Waals surface area (Å²) in [5.74, 6) is 0.489. The van der Waals surface area contributed by atoms with Crippen LogP contribution in [0.4, 0.5) is 0 Å². The van der Waals surface area contributed by atoms with Crippen LogP contribution >= 0.6 is 0 Å². The maximum absolute atomic E-state index is 12.0. The first kappa shape index (κ1) is 14.1. The Bertz CT molecular complexity index is 362. The van der Waals surface area contributed by atoms with Gasteiger partial charge in [-0.2, -0.15) is 0 Å². The summed E-state index contributed by atoms with van der Waals surface area (Å²) >= 11 is 0. The van der Waals surface area contributed by atoms with E-state index in [1.165, 1.54) is 0 Å². The molecule has 1 fully saturated rings. The molecule has 0 aromatic rings. The van der Waals surface area contributed by atoms with Crippen molar-refractivity contribution in [1.82, 2.24) is 15.1 Å². The molecule has 0 radical (unpaired) electrons. The molecule has 2 aliphatic rings. The van der Waals surface area contributed by atoms with Gasteiger partial charge in [0.1, 0.15) is 0 Å². The van der Waals surface area contributed by atoms with Crippen LogP contribution in [0.25, 0.3) is 0 Å². The van der Waals surface area contributed by atoms with E-state index in [0.29, 0.717) is 12.3 Å². The molecule has 1 heterocycles. The fourth-order valence-corrected chi connectivity index (χ4v) is 2.55. The molecular formula is C14H23N3O2. The van der Waals surface area contributed by atoms with Crippen LogP contribution in [0.5, 0.6) is 0 Å². The number of hydrogen-bond acceptors (Lipinski definition) is 3. The second-order valence-electron chi connectivity index (χ2n) is 5.35. The summed E-state index contributed by atoms with van der Waals surface area (Å²) in [6.45, 7) is 3.38. The highest BCUT2D eigenvalue weighted by molar-refractivity contribution is 5.84. The van der Waals surface area contributed by atoms with Crippen molar-refractivity contribution in [3.63, 3.8) is 0 Å². The molecule has 1 atom stereocenters. The summed E-state index contributed by atoms with van der Waals surface area (Å²) in [4.78, 5) is 27.5. The van der Waals surface area contributed by atoms with Crippen LogP contribution in [0.15, 0.2) is 12.2 Å². The predicted octanol–water partition coefficient (Wildman–Crippen LogP) is 0.233. The van der Waals surface area contributed by atoms with Gasteiger partial charge in [-0.3, -0.25) is 9.59 Å². The molecule has 0 saturated carbocycles. The van der Waals surface area contributed by atoms with Crippen molar-refractivity contribution in [3.05, 3.63) is 12.2 Å². The molecule has 0 spiro atoms. The second kappa shape index (κ2) is 6.70. The van der Waals surface area contributed by atoms with Gasteiger partial charge >= 0.3 is 0 Å². The van der Waals surface area contributed by atoms with E-state index in [1.807, 2.05) is 4.90 Å². The molecule has 1 aliphatic carbocycles. The number of carbonyl (C=O) groups is 2. The van der Waals surface area contributed by atoms with Gasteiger partial charge in [-0.05, 0) is 18.8 Å². The van der Waals surface area contributed by atoms with E-state index in [9.17, 15) is 9.59 Å². The highest BCUT2D eigenvalue weighted by Crippen LogP contribution is 2.20. The van der Waals surface area contributed by atoms with Crippen LogP contribution in [0.1, 0.15) is 19.3 Å². The SMILES string of the molecule is CN(CC(=O)N1CCNCC1)C(=O)CC1C=CCC1. The number of nitrogens with zero attached hydrogens (tertiary/aromatic N) is 2. The summed E-state index contributed by atoms with van der Waals surface area (Å²) in [5, 5.41) is 3.21. The van der Waals surface area contributed by atoms with E-state index in [2.05, 4.69) is 17.5 Å². The van der Waals surface area contributed by atoms with Crippen molar-refractivity contribution in [2.75, 3.05) is 39.8 Å². The number of piperazine rings is 1. The van der Waals surface area contributed by atoms with E-state index in [1.54, 1.807) is 11.9 Å². The Kier molecular flexibility index (Phi) is 4.96. The molecule has 1 N–H and O–H groups in total. The molecule has 1 saturated heterocycles. The minimum absolute atomic E-state index is 0.0549. The van der Waals surface area contributed by atoms with E-state index in [4.69, 9.17) is 0 Å². The maximum Gasteiger partial charge on any atom is 0.242 e. The molecule has 1 aliphatic heterocycles. The lowest BCUT2D eigenvalue weighted by atomic mass is 10.0. The number of carbonyl (C=O) groups excluding carboxylic acids is 2. The lowest BCUT2D eigenvalue weighted by molar-refractivity contribution is -0.140. The van der Waals surface area contributed by atoms with Crippen LogP contribution in [-0.4, -0.2) is 61.4 Å². The Hall–Kier alpha value is -1.36. The van der Waals surface area contributed by atoms with Gasteiger partial charge in [0.05, 0.1) is 6.54 Å². The first-order valence-electron chi connectivity index (χ1n) is 7.06. The molecule has 5 heteroatoms. The first-order chi connectivity index (χ1) is 9.16. The highest BCUT2D eigenvalue weighted by Gasteiger charge is 2.21. The maximum atomic E-state index is 12.0. The Morgan fingerprint density at radius 1 is 1.37 bits per heavy atom. The number of nitrogens with one attached hydrogen (secondary N) is 1. The van der Waals surface area contributed by atoms with Gasteiger partial charge in [0.25, 0.3) is 0 Å². The first-order valence-corrected chi connectivity index (χ1v) is 7.06.